The first-order valence-electron chi connectivity index (χ1n) is 6.41. The number of aryl methyl sites for hydroxylation is 1. The molecule has 0 aromatic heterocycles. The fourth-order valence-electron chi connectivity index (χ4n) is 2.46. The number of piperidine rings is 1. The van der Waals surface area contributed by atoms with Gasteiger partial charge in [-0.3, -0.25) is 9.59 Å². The first kappa shape index (κ1) is 14.2. The highest BCUT2D eigenvalue weighted by Gasteiger charge is 2.39. The lowest BCUT2D eigenvalue weighted by Gasteiger charge is -2.35. The summed E-state index contributed by atoms with van der Waals surface area (Å²) >= 11 is 0. The van der Waals surface area contributed by atoms with Gasteiger partial charge in [0, 0.05) is 12.8 Å². The second-order valence-electron chi connectivity index (χ2n) is 5.97. The maximum absolute atomic E-state index is 12.2. The fourth-order valence-corrected chi connectivity index (χ4v) is 2.46. The van der Waals surface area contributed by atoms with Crippen molar-refractivity contribution in [2.75, 3.05) is 4.90 Å². The van der Waals surface area contributed by atoms with Crippen LogP contribution in [0.4, 0.5) is 5.69 Å². The minimum atomic E-state index is -1.14. The lowest BCUT2D eigenvalue weighted by Crippen LogP contribution is -2.46. The third kappa shape index (κ3) is 2.57. The van der Waals surface area contributed by atoms with Gasteiger partial charge < -0.3 is 5.11 Å². The van der Waals surface area contributed by atoms with Crippen LogP contribution in [-0.4, -0.2) is 22.9 Å². The summed E-state index contributed by atoms with van der Waals surface area (Å²) in [4.78, 5) is 36.7. The Balaban J connectivity index is 2.49. The van der Waals surface area contributed by atoms with E-state index in [9.17, 15) is 19.5 Å². The minimum Gasteiger partial charge on any atom is -0.478 e. The highest BCUT2D eigenvalue weighted by molar-refractivity contribution is 6.19. The van der Waals surface area contributed by atoms with Gasteiger partial charge in [-0.05, 0) is 24.5 Å². The second kappa shape index (κ2) is 4.74. The Morgan fingerprint density at radius 2 is 1.75 bits per heavy atom. The van der Waals surface area contributed by atoms with Crippen LogP contribution in [0.15, 0.2) is 18.2 Å². The van der Waals surface area contributed by atoms with Crippen molar-refractivity contribution < 1.29 is 19.5 Å². The predicted molar refractivity (Wildman–Crippen MR) is 73.6 cm³/mol. The van der Waals surface area contributed by atoms with Gasteiger partial charge >= 0.3 is 5.97 Å². The van der Waals surface area contributed by atoms with E-state index in [1.807, 2.05) is 13.8 Å². The van der Waals surface area contributed by atoms with Crippen molar-refractivity contribution in [2.45, 2.75) is 33.6 Å². The van der Waals surface area contributed by atoms with E-state index in [0.717, 1.165) is 10.5 Å². The number of benzene rings is 1. The third-order valence-corrected chi connectivity index (χ3v) is 3.38. The van der Waals surface area contributed by atoms with Crippen LogP contribution in [0.3, 0.4) is 0 Å². The van der Waals surface area contributed by atoms with Crippen LogP contribution in [0.2, 0.25) is 0 Å². The Bertz CT molecular complexity index is 584. The van der Waals surface area contributed by atoms with Gasteiger partial charge in [0.25, 0.3) is 0 Å². The molecule has 0 aliphatic carbocycles. The van der Waals surface area contributed by atoms with Gasteiger partial charge in [0.1, 0.15) is 0 Å². The van der Waals surface area contributed by atoms with Crippen molar-refractivity contribution in [3.05, 3.63) is 29.3 Å². The molecule has 0 saturated carbocycles. The number of amides is 2. The lowest BCUT2D eigenvalue weighted by molar-refractivity contribution is -0.132. The van der Waals surface area contributed by atoms with E-state index in [1.165, 1.54) is 12.1 Å². The number of imide groups is 1. The molecular formula is C15H17NO4. The summed E-state index contributed by atoms with van der Waals surface area (Å²) in [5, 5.41) is 9.25. The summed E-state index contributed by atoms with van der Waals surface area (Å²) in [5.41, 5.74) is 0.530. The zero-order valence-corrected chi connectivity index (χ0v) is 11.8. The van der Waals surface area contributed by atoms with Crippen molar-refractivity contribution in [2.24, 2.45) is 5.41 Å². The van der Waals surface area contributed by atoms with Crippen molar-refractivity contribution in [3.8, 4) is 0 Å². The molecule has 2 amide bonds. The Kier molecular flexibility index (Phi) is 3.38. The molecule has 1 fully saturated rings. The van der Waals surface area contributed by atoms with Crippen LogP contribution >= 0.6 is 0 Å². The van der Waals surface area contributed by atoms with Gasteiger partial charge in [-0.15, -0.1) is 0 Å². The number of carbonyl (C=O) groups is 3. The number of hydrogen-bond donors (Lipinski definition) is 1. The maximum Gasteiger partial charge on any atom is 0.337 e. The minimum absolute atomic E-state index is 0.0218. The van der Waals surface area contributed by atoms with Crippen LogP contribution in [0.25, 0.3) is 0 Å². The number of rotatable bonds is 2. The van der Waals surface area contributed by atoms with E-state index >= 15 is 0 Å². The normalized spacial score (nSPS) is 18.2. The van der Waals surface area contributed by atoms with Gasteiger partial charge in [0.05, 0.1) is 11.3 Å². The Morgan fingerprint density at radius 1 is 1.20 bits per heavy atom. The number of hydrogen-bond acceptors (Lipinski definition) is 3. The van der Waals surface area contributed by atoms with Gasteiger partial charge in [-0.1, -0.05) is 25.5 Å². The van der Waals surface area contributed by atoms with Gasteiger partial charge in [0.15, 0.2) is 0 Å². The quantitative estimate of drug-likeness (QED) is 0.841. The van der Waals surface area contributed by atoms with Crippen molar-refractivity contribution >= 4 is 23.5 Å². The van der Waals surface area contributed by atoms with Crippen LogP contribution < -0.4 is 4.90 Å². The molecule has 0 spiro atoms. The molecule has 0 radical (unpaired) electrons. The standard InChI is InChI=1S/C15H17NO4/c1-9-4-5-11(10(6-9)14(19)20)16-12(17)7-15(2,3)8-13(16)18/h4-6H,7-8H2,1-3H3,(H,19,20). The van der Waals surface area contributed by atoms with Crippen LogP contribution in [0, 0.1) is 12.3 Å². The molecule has 1 aromatic rings. The van der Waals surface area contributed by atoms with E-state index < -0.39 is 5.97 Å². The van der Waals surface area contributed by atoms with E-state index in [-0.39, 0.29) is 41.3 Å². The topological polar surface area (TPSA) is 74.7 Å². The molecular weight excluding hydrogens is 258 g/mol. The Hall–Kier alpha value is -2.17. The first-order valence-corrected chi connectivity index (χ1v) is 6.41. The summed E-state index contributed by atoms with van der Waals surface area (Å²) in [6.07, 6.45) is 0.456. The van der Waals surface area contributed by atoms with Gasteiger partial charge in [0.2, 0.25) is 11.8 Å². The number of anilines is 1. The second-order valence-corrected chi connectivity index (χ2v) is 5.97. The zero-order chi connectivity index (χ0) is 15.1. The zero-order valence-electron chi connectivity index (χ0n) is 11.8. The van der Waals surface area contributed by atoms with Gasteiger partial charge in [-0.25, -0.2) is 9.69 Å². The lowest BCUT2D eigenvalue weighted by atomic mass is 9.81. The fraction of sp³-hybridized carbons (Fsp3) is 0.400. The molecule has 20 heavy (non-hydrogen) atoms. The average molecular weight is 275 g/mol. The SMILES string of the molecule is Cc1ccc(N2C(=O)CC(C)(C)CC2=O)c(C(=O)O)c1. The highest BCUT2D eigenvalue weighted by atomic mass is 16.4. The van der Waals surface area contributed by atoms with E-state index in [1.54, 1.807) is 13.0 Å². The molecule has 1 heterocycles. The third-order valence-electron chi connectivity index (χ3n) is 3.38. The summed E-state index contributed by atoms with van der Waals surface area (Å²) in [5.74, 6) is -1.84. The molecule has 1 aliphatic rings. The Labute approximate surface area is 117 Å². The molecule has 5 heteroatoms. The molecule has 106 valence electrons. The first-order chi connectivity index (χ1) is 9.21. The molecule has 5 nitrogen and oxygen atoms in total. The highest BCUT2D eigenvalue weighted by Crippen LogP contribution is 2.35. The van der Waals surface area contributed by atoms with E-state index in [0.29, 0.717) is 0 Å². The molecule has 0 unspecified atom stereocenters. The van der Waals surface area contributed by atoms with Gasteiger partial charge in [-0.2, -0.15) is 0 Å². The van der Waals surface area contributed by atoms with Crippen LogP contribution in [-0.2, 0) is 9.59 Å². The summed E-state index contributed by atoms with van der Waals surface area (Å²) in [6, 6.07) is 4.69. The predicted octanol–water partition coefficient (Wildman–Crippen LogP) is 2.37. The van der Waals surface area contributed by atoms with E-state index in [2.05, 4.69) is 0 Å². The molecule has 0 atom stereocenters. The van der Waals surface area contributed by atoms with Crippen molar-refractivity contribution in [1.29, 1.82) is 0 Å². The average Bonchev–Trinajstić information content (AvgIpc) is 2.28. The van der Waals surface area contributed by atoms with E-state index in [4.69, 9.17) is 0 Å². The number of carboxylic acid groups (broad SMARTS) is 1. The largest absolute Gasteiger partial charge is 0.478 e. The number of carboxylic acids is 1. The molecule has 1 saturated heterocycles. The number of carbonyl (C=O) groups excluding carboxylic acids is 2. The van der Waals surface area contributed by atoms with Crippen molar-refractivity contribution in [3.63, 3.8) is 0 Å². The molecule has 0 bridgehead atoms. The number of aromatic carboxylic acids is 1. The monoisotopic (exact) mass is 275 g/mol. The Morgan fingerprint density at radius 3 is 2.25 bits per heavy atom. The molecule has 1 aromatic carbocycles. The molecule has 2 rings (SSSR count). The molecule has 1 aliphatic heterocycles. The van der Waals surface area contributed by atoms with Crippen LogP contribution in [0.5, 0.6) is 0 Å². The van der Waals surface area contributed by atoms with Crippen molar-refractivity contribution in [1.82, 2.24) is 0 Å². The summed E-state index contributed by atoms with van der Waals surface area (Å²) < 4.78 is 0. The summed E-state index contributed by atoms with van der Waals surface area (Å²) in [7, 11) is 0. The number of nitrogens with zero attached hydrogens (tertiary/aromatic N) is 1. The maximum atomic E-state index is 12.2. The smallest absolute Gasteiger partial charge is 0.337 e. The molecule has 1 N–H and O–H groups in total. The summed E-state index contributed by atoms with van der Waals surface area (Å²) in [6.45, 7) is 5.47. The van der Waals surface area contributed by atoms with Crippen LogP contribution in [0.1, 0.15) is 42.6 Å².